The molecular weight excluding hydrogens is 452 g/mol. The van der Waals surface area contributed by atoms with Crippen LogP contribution in [0.1, 0.15) is 28.7 Å². The number of sulfone groups is 1. The summed E-state index contributed by atoms with van der Waals surface area (Å²) in [4.78, 5) is 23.6. The van der Waals surface area contributed by atoms with Crippen LogP contribution < -0.4 is 5.32 Å². The lowest BCUT2D eigenvalue weighted by Gasteiger charge is -2.12. The number of anilines is 1. The number of aromatic nitrogens is 3. The number of thioether (sulfide) groups is 1. The molecule has 1 amide bonds. The van der Waals surface area contributed by atoms with Crippen LogP contribution in [0.2, 0.25) is 0 Å². The summed E-state index contributed by atoms with van der Waals surface area (Å²) in [6, 6.07) is 12.4. The molecule has 0 saturated carbocycles. The van der Waals surface area contributed by atoms with E-state index in [9.17, 15) is 18.0 Å². The molecule has 2 N–H and O–H groups in total. The van der Waals surface area contributed by atoms with Crippen LogP contribution in [0.3, 0.4) is 0 Å². The fourth-order valence-electron chi connectivity index (χ4n) is 2.72. The molecule has 0 aliphatic carbocycles. The molecule has 3 aromatic rings. The van der Waals surface area contributed by atoms with Gasteiger partial charge in [0.05, 0.1) is 15.7 Å². The van der Waals surface area contributed by atoms with Gasteiger partial charge >= 0.3 is 5.97 Å². The summed E-state index contributed by atoms with van der Waals surface area (Å²) < 4.78 is 26.9. The summed E-state index contributed by atoms with van der Waals surface area (Å²) in [5.74, 6) is -1.40. The predicted molar refractivity (Wildman–Crippen MR) is 120 cm³/mol. The van der Waals surface area contributed by atoms with E-state index in [0.717, 1.165) is 17.3 Å². The van der Waals surface area contributed by atoms with Crippen molar-refractivity contribution in [1.82, 2.24) is 14.8 Å². The van der Waals surface area contributed by atoms with Crippen molar-refractivity contribution >= 4 is 39.2 Å². The van der Waals surface area contributed by atoms with Crippen LogP contribution in [0, 0.1) is 6.92 Å². The quantitative estimate of drug-likeness (QED) is 0.477. The maximum atomic E-state index is 12.7. The highest BCUT2D eigenvalue weighted by molar-refractivity contribution is 8.00. The molecular formula is C21H22N4O5S2. The Morgan fingerprint density at radius 1 is 1.09 bits per heavy atom. The van der Waals surface area contributed by atoms with E-state index in [1.807, 2.05) is 6.92 Å². The minimum Gasteiger partial charge on any atom is -0.478 e. The van der Waals surface area contributed by atoms with Crippen molar-refractivity contribution < 1.29 is 23.1 Å². The van der Waals surface area contributed by atoms with Gasteiger partial charge in [0.2, 0.25) is 5.91 Å². The summed E-state index contributed by atoms with van der Waals surface area (Å²) in [5, 5.41) is 19.5. The Morgan fingerprint density at radius 2 is 1.72 bits per heavy atom. The molecule has 2 aromatic carbocycles. The van der Waals surface area contributed by atoms with Crippen molar-refractivity contribution in [3.63, 3.8) is 0 Å². The second-order valence-corrected chi connectivity index (χ2v) is 10.5. The van der Waals surface area contributed by atoms with E-state index < -0.39 is 21.1 Å². The Kier molecular flexibility index (Phi) is 6.99. The van der Waals surface area contributed by atoms with Crippen molar-refractivity contribution in [3.8, 4) is 0 Å². The number of hydrogen-bond donors (Lipinski definition) is 2. The van der Waals surface area contributed by atoms with Crippen molar-refractivity contribution in [1.29, 1.82) is 0 Å². The molecule has 32 heavy (non-hydrogen) atoms. The van der Waals surface area contributed by atoms with Crippen LogP contribution in [-0.4, -0.2) is 45.4 Å². The zero-order valence-electron chi connectivity index (χ0n) is 17.6. The second kappa shape index (κ2) is 9.53. The normalized spacial score (nSPS) is 12.3. The monoisotopic (exact) mass is 474 g/mol. The Labute approximate surface area is 189 Å². The van der Waals surface area contributed by atoms with Gasteiger partial charge in [-0.05, 0) is 50.2 Å². The first kappa shape index (κ1) is 23.5. The summed E-state index contributed by atoms with van der Waals surface area (Å²) in [5.41, 5.74) is 1.55. The van der Waals surface area contributed by atoms with Gasteiger partial charge in [-0.25, -0.2) is 13.2 Å². The van der Waals surface area contributed by atoms with Crippen molar-refractivity contribution in [2.75, 3.05) is 5.32 Å². The Balaban J connectivity index is 1.66. The number of amides is 1. The minimum atomic E-state index is -3.59. The van der Waals surface area contributed by atoms with Crippen LogP contribution in [0.4, 0.5) is 5.69 Å². The molecule has 1 atom stereocenters. The van der Waals surface area contributed by atoms with E-state index in [-0.39, 0.29) is 27.9 Å². The van der Waals surface area contributed by atoms with Crippen LogP contribution in [-0.2, 0) is 27.4 Å². The maximum absolute atomic E-state index is 12.7. The third-order valence-corrected chi connectivity index (χ3v) is 7.44. The van der Waals surface area contributed by atoms with Gasteiger partial charge in [-0.3, -0.25) is 4.79 Å². The van der Waals surface area contributed by atoms with Gasteiger partial charge < -0.3 is 15.0 Å². The largest absolute Gasteiger partial charge is 0.478 e. The fourth-order valence-corrected chi connectivity index (χ4v) is 4.87. The number of nitrogens with one attached hydrogen (secondary N) is 1. The number of aromatic carboxylic acids is 1. The van der Waals surface area contributed by atoms with Crippen molar-refractivity contribution in [2.45, 2.75) is 34.9 Å². The highest BCUT2D eigenvalue weighted by Crippen LogP contribution is 2.24. The maximum Gasteiger partial charge on any atom is 0.335 e. The SMILES string of the molecule is Cc1ccc(S(=O)(=O)Cc2nnc(SC(C)C(=O)Nc3ccc(C(=O)O)cc3)n2C)cc1. The number of benzene rings is 2. The standard InChI is InChI=1S/C21H22N4O5S2/c1-13-4-10-17(11-5-13)32(29,30)12-18-23-24-21(25(18)3)31-14(2)19(26)22-16-8-6-15(7-9-16)20(27)28/h4-11,14H,12H2,1-3H3,(H,22,26)(H,27,28). The number of aryl methyl sites for hydroxylation is 1. The molecule has 168 valence electrons. The average molecular weight is 475 g/mol. The number of rotatable bonds is 8. The zero-order valence-corrected chi connectivity index (χ0v) is 19.3. The van der Waals surface area contributed by atoms with E-state index >= 15 is 0 Å². The number of carboxylic acids is 1. The highest BCUT2D eigenvalue weighted by Gasteiger charge is 2.23. The van der Waals surface area contributed by atoms with Crippen LogP contribution >= 0.6 is 11.8 Å². The second-order valence-electron chi connectivity index (χ2n) is 7.16. The van der Waals surface area contributed by atoms with Gasteiger partial charge in [0.15, 0.2) is 15.0 Å². The Hall–Kier alpha value is -3.18. The van der Waals surface area contributed by atoms with Crippen LogP contribution in [0.15, 0.2) is 58.6 Å². The predicted octanol–water partition coefficient (Wildman–Crippen LogP) is 2.91. The van der Waals surface area contributed by atoms with E-state index in [4.69, 9.17) is 5.11 Å². The molecule has 0 aliphatic rings. The summed E-state index contributed by atoms with van der Waals surface area (Å²) in [6.07, 6.45) is 0. The Morgan fingerprint density at radius 3 is 2.31 bits per heavy atom. The van der Waals surface area contributed by atoms with Gasteiger partial charge in [0, 0.05) is 12.7 Å². The van der Waals surface area contributed by atoms with Gasteiger partial charge in [0.25, 0.3) is 0 Å². The first-order valence-corrected chi connectivity index (χ1v) is 12.1. The number of carboxylic acid groups (broad SMARTS) is 1. The first-order valence-electron chi connectivity index (χ1n) is 9.55. The molecule has 3 rings (SSSR count). The van der Waals surface area contributed by atoms with Gasteiger partial charge in [-0.15, -0.1) is 10.2 Å². The van der Waals surface area contributed by atoms with E-state index in [2.05, 4.69) is 15.5 Å². The molecule has 1 heterocycles. The summed E-state index contributed by atoms with van der Waals surface area (Å²) in [7, 11) is -1.94. The molecule has 0 bridgehead atoms. The summed E-state index contributed by atoms with van der Waals surface area (Å²) >= 11 is 1.14. The minimum absolute atomic E-state index is 0.123. The van der Waals surface area contributed by atoms with Crippen LogP contribution in [0.25, 0.3) is 0 Å². The molecule has 0 saturated heterocycles. The lowest BCUT2D eigenvalue weighted by Crippen LogP contribution is -2.23. The molecule has 0 fully saturated rings. The molecule has 1 aromatic heterocycles. The molecule has 0 aliphatic heterocycles. The fraction of sp³-hybridized carbons (Fsp3) is 0.238. The molecule has 11 heteroatoms. The number of nitrogens with zero attached hydrogens (tertiary/aromatic N) is 3. The molecule has 0 radical (unpaired) electrons. The van der Waals surface area contributed by atoms with E-state index in [0.29, 0.717) is 10.8 Å². The lowest BCUT2D eigenvalue weighted by atomic mass is 10.2. The average Bonchev–Trinajstić information content (AvgIpc) is 3.07. The number of hydrogen-bond acceptors (Lipinski definition) is 7. The lowest BCUT2D eigenvalue weighted by molar-refractivity contribution is -0.115. The van der Waals surface area contributed by atoms with Gasteiger partial charge in [-0.1, -0.05) is 29.5 Å². The Bertz CT molecular complexity index is 1240. The third-order valence-electron chi connectivity index (χ3n) is 4.68. The molecule has 1 unspecified atom stereocenters. The van der Waals surface area contributed by atoms with E-state index in [1.54, 1.807) is 42.8 Å². The highest BCUT2D eigenvalue weighted by atomic mass is 32.2. The van der Waals surface area contributed by atoms with Gasteiger partial charge in [0.1, 0.15) is 11.6 Å². The molecule has 0 spiro atoms. The smallest absolute Gasteiger partial charge is 0.335 e. The zero-order chi connectivity index (χ0) is 23.5. The van der Waals surface area contributed by atoms with E-state index in [1.165, 1.54) is 24.3 Å². The third kappa shape index (κ3) is 5.54. The van der Waals surface area contributed by atoms with Gasteiger partial charge in [-0.2, -0.15) is 0 Å². The van der Waals surface area contributed by atoms with Crippen molar-refractivity contribution in [3.05, 3.63) is 65.5 Å². The first-order chi connectivity index (χ1) is 15.1. The summed E-state index contributed by atoms with van der Waals surface area (Å²) in [6.45, 7) is 3.56. The number of carbonyl (C=O) groups excluding carboxylic acids is 1. The van der Waals surface area contributed by atoms with Crippen molar-refractivity contribution in [2.24, 2.45) is 7.05 Å². The number of carbonyl (C=O) groups is 2. The topological polar surface area (TPSA) is 131 Å². The van der Waals surface area contributed by atoms with Crippen LogP contribution in [0.5, 0.6) is 0 Å². The molecule has 9 nitrogen and oxygen atoms in total.